The molecule has 0 aromatic carbocycles. The molecular weight excluding hydrogens is 160 g/mol. The lowest BCUT2D eigenvalue weighted by Gasteiger charge is -2.07. The Balaban J connectivity index is 2.74. The van der Waals surface area contributed by atoms with E-state index >= 15 is 0 Å². The summed E-state index contributed by atoms with van der Waals surface area (Å²) in [5.74, 6) is 0.412. The van der Waals surface area contributed by atoms with Crippen molar-refractivity contribution in [3.05, 3.63) is 11.6 Å². The molecule has 0 radical (unpaired) electrons. The van der Waals surface area contributed by atoms with Gasteiger partial charge in [0.05, 0.1) is 6.10 Å². The van der Waals surface area contributed by atoms with Gasteiger partial charge in [0.25, 0.3) is 0 Å². The Hall–Kier alpha value is -0.300. The van der Waals surface area contributed by atoms with Gasteiger partial charge in [0.1, 0.15) is 0 Å². The van der Waals surface area contributed by atoms with Crippen LogP contribution in [-0.4, -0.2) is 11.2 Å². The first-order valence-electron chi connectivity index (χ1n) is 5.04. The van der Waals surface area contributed by atoms with Crippen molar-refractivity contribution in [2.24, 2.45) is 16.7 Å². The Morgan fingerprint density at radius 2 is 1.54 bits per heavy atom. The molecule has 0 heterocycles. The van der Waals surface area contributed by atoms with E-state index in [1.165, 1.54) is 5.57 Å². The molecule has 1 saturated carbocycles. The van der Waals surface area contributed by atoms with Gasteiger partial charge in [-0.25, -0.2) is 0 Å². The number of allylic oxidation sites excluding steroid dienone is 1. The number of hydrogen-bond donors (Lipinski definition) is 1. The van der Waals surface area contributed by atoms with Gasteiger partial charge >= 0.3 is 0 Å². The van der Waals surface area contributed by atoms with Crippen LogP contribution in [0.25, 0.3) is 0 Å². The van der Waals surface area contributed by atoms with Crippen molar-refractivity contribution in [2.75, 3.05) is 0 Å². The Morgan fingerprint density at radius 3 is 1.77 bits per heavy atom. The topological polar surface area (TPSA) is 20.2 Å². The van der Waals surface area contributed by atoms with Gasteiger partial charge in [-0.1, -0.05) is 39.3 Å². The average Bonchev–Trinajstić information content (AvgIpc) is 2.20. The van der Waals surface area contributed by atoms with Crippen LogP contribution in [0.2, 0.25) is 0 Å². The second-order valence-corrected chi connectivity index (χ2v) is 5.66. The summed E-state index contributed by atoms with van der Waals surface area (Å²) in [6.07, 6.45) is 1.70. The number of aliphatic hydroxyl groups excluding tert-OH is 1. The maximum absolute atomic E-state index is 9.95. The Labute approximate surface area is 81.9 Å². The summed E-state index contributed by atoms with van der Waals surface area (Å²) in [6, 6.07) is 0. The quantitative estimate of drug-likeness (QED) is 0.651. The van der Waals surface area contributed by atoms with Gasteiger partial charge in [-0.3, -0.25) is 0 Å². The maximum Gasteiger partial charge on any atom is 0.0762 e. The second kappa shape index (κ2) is 2.84. The summed E-state index contributed by atoms with van der Waals surface area (Å²) in [4.78, 5) is 0. The fourth-order valence-corrected chi connectivity index (χ4v) is 2.54. The van der Waals surface area contributed by atoms with Gasteiger partial charge < -0.3 is 5.11 Å². The van der Waals surface area contributed by atoms with Crippen LogP contribution in [0.5, 0.6) is 0 Å². The first-order valence-corrected chi connectivity index (χ1v) is 5.04. The predicted octanol–water partition coefficient (Wildman–Crippen LogP) is 3.00. The molecule has 1 rings (SSSR count). The van der Waals surface area contributed by atoms with Crippen LogP contribution >= 0.6 is 0 Å². The van der Waals surface area contributed by atoms with Gasteiger partial charge in [-0.05, 0) is 30.6 Å². The molecule has 0 saturated heterocycles. The van der Waals surface area contributed by atoms with Crippen molar-refractivity contribution in [1.29, 1.82) is 0 Å². The third-order valence-electron chi connectivity index (χ3n) is 3.98. The molecular formula is C12H22O. The van der Waals surface area contributed by atoms with Crippen LogP contribution < -0.4 is 0 Å². The predicted molar refractivity (Wildman–Crippen MR) is 56.5 cm³/mol. The van der Waals surface area contributed by atoms with Crippen LogP contribution in [0, 0.1) is 16.7 Å². The van der Waals surface area contributed by atoms with Crippen LogP contribution in [0.4, 0.5) is 0 Å². The van der Waals surface area contributed by atoms with Gasteiger partial charge in [0.2, 0.25) is 0 Å². The van der Waals surface area contributed by atoms with E-state index in [1.807, 2.05) is 19.9 Å². The number of hydrogen-bond acceptors (Lipinski definition) is 1. The van der Waals surface area contributed by atoms with Crippen molar-refractivity contribution in [3.63, 3.8) is 0 Å². The smallest absolute Gasteiger partial charge is 0.0762 e. The number of aliphatic hydroxyl groups is 1. The minimum absolute atomic E-state index is 0.269. The molecule has 0 aliphatic heterocycles. The summed E-state index contributed by atoms with van der Waals surface area (Å²) in [5.41, 5.74) is 1.75. The van der Waals surface area contributed by atoms with E-state index < -0.39 is 0 Å². The zero-order chi connectivity index (χ0) is 10.4. The summed E-state index contributed by atoms with van der Waals surface area (Å²) >= 11 is 0. The molecule has 76 valence electrons. The maximum atomic E-state index is 9.95. The second-order valence-electron chi connectivity index (χ2n) is 5.66. The van der Waals surface area contributed by atoms with E-state index in [1.54, 1.807) is 0 Å². The third-order valence-corrected chi connectivity index (χ3v) is 3.98. The standard InChI is InChI=1S/C12H22O/c1-8(2)7-9(13)10-11(3,4)12(10,5)6/h7,9-10,13H,1-6H3. The van der Waals surface area contributed by atoms with Crippen molar-refractivity contribution >= 4 is 0 Å². The molecule has 1 aliphatic rings. The van der Waals surface area contributed by atoms with Gasteiger partial charge in [-0.2, -0.15) is 0 Å². The molecule has 1 atom stereocenters. The summed E-state index contributed by atoms with van der Waals surface area (Å²) < 4.78 is 0. The van der Waals surface area contributed by atoms with E-state index in [0.717, 1.165) is 0 Å². The first-order chi connectivity index (χ1) is 5.71. The normalized spacial score (nSPS) is 26.7. The lowest BCUT2D eigenvalue weighted by Crippen LogP contribution is -2.11. The van der Waals surface area contributed by atoms with E-state index in [9.17, 15) is 5.11 Å². The minimum Gasteiger partial charge on any atom is -0.389 e. The highest BCUT2D eigenvalue weighted by Gasteiger charge is 2.66. The zero-order valence-corrected chi connectivity index (χ0v) is 9.68. The first kappa shape index (κ1) is 10.8. The fraction of sp³-hybridized carbons (Fsp3) is 0.833. The third kappa shape index (κ3) is 1.54. The van der Waals surface area contributed by atoms with Gasteiger partial charge in [0, 0.05) is 0 Å². The van der Waals surface area contributed by atoms with E-state index in [0.29, 0.717) is 5.92 Å². The molecule has 1 N–H and O–H groups in total. The van der Waals surface area contributed by atoms with Crippen LogP contribution in [0.1, 0.15) is 41.5 Å². The highest BCUT2D eigenvalue weighted by Crippen LogP contribution is 2.69. The largest absolute Gasteiger partial charge is 0.389 e. The molecule has 0 aromatic rings. The Kier molecular flexibility index (Phi) is 2.36. The molecule has 0 aromatic heterocycles. The molecule has 0 spiro atoms. The van der Waals surface area contributed by atoms with Crippen molar-refractivity contribution in [1.82, 2.24) is 0 Å². The summed E-state index contributed by atoms with van der Waals surface area (Å²) in [7, 11) is 0. The SMILES string of the molecule is CC(C)=CC(O)C1C(C)(C)C1(C)C. The monoisotopic (exact) mass is 182 g/mol. The lowest BCUT2D eigenvalue weighted by atomic mass is 10.0. The van der Waals surface area contributed by atoms with Crippen molar-refractivity contribution < 1.29 is 5.11 Å². The number of rotatable bonds is 2. The van der Waals surface area contributed by atoms with Gasteiger partial charge in [-0.15, -0.1) is 0 Å². The zero-order valence-electron chi connectivity index (χ0n) is 9.68. The molecule has 1 fully saturated rings. The molecule has 1 unspecified atom stereocenters. The minimum atomic E-state index is -0.269. The molecule has 0 bridgehead atoms. The average molecular weight is 182 g/mol. The van der Waals surface area contributed by atoms with Gasteiger partial charge in [0.15, 0.2) is 0 Å². The molecule has 0 amide bonds. The van der Waals surface area contributed by atoms with Crippen LogP contribution in [-0.2, 0) is 0 Å². The lowest BCUT2D eigenvalue weighted by molar-refractivity contribution is 0.174. The Morgan fingerprint density at radius 1 is 1.15 bits per heavy atom. The summed E-state index contributed by atoms with van der Waals surface area (Å²) in [5, 5.41) is 9.95. The van der Waals surface area contributed by atoms with E-state index in [4.69, 9.17) is 0 Å². The van der Waals surface area contributed by atoms with E-state index in [-0.39, 0.29) is 16.9 Å². The van der Waals surface area contributed by atoms with Crippen molar-refractivity contribution in [2.45, 2.75) is 47.6 Å². The van der Waals surface area contributed by atoms with E-state index in [2.05, 4.69) is 27.7 Å². The molecule has 13 heavy (non-hydrogen) atoms. The summed E-state index contributed by atoms with van der Waals surface area (Å²) in [6.45, 7) is 13.0. The fourth-order valence-electron chi connectivity index (χ4n) is 2.54. The molecule has 1 heteroatoms. The van der Waals surface area contributed by atoms with Crippen LogP contribution in [0.15, 0.2) is 11.6 Å². The molecule has 1 nitrogen and oxygen atoms in total. The molecule has 1 aliphatic carbocycles. The highest BCUT2D eigenvalue weighted by atomic mass is 16.3. The van der Waals surface area contributed by atoms with Crippen LogP contribution in [0.3, 0.4) is 0 Å². The van der Waals surface area contributed by atoms with Crippen molar-refractivity contribution in [3.8, 4) is 0 Å². The highest BCUT2D eigenvalue weighted by molar-refractivity contribution is 5.19. The Bertz CT molecular complexity index is 218.